The van der Waals surface area contributed by atoms with Gasteiger partial charge < -0.3 is 19.6 Å². The van der Waals surface area contributed by atoms with Gasteiger partial charge in [0.15, 0.2) is 5.96 Å². The number of nitrogens with one attached hydrogen (secondary N) is 2. The molecule has 3 rings (SSSR count). The molecule has 8 heteroatoms. The van der Waals surface area contributed by atoms with E-state index in [1.807, 2.05) is 13.0 Å². The quantitative estimate of drug-likeness (QED) is 0.542. The summed E-state index contributed by atoms with van der Waals surface area (Å²) in [5, 5.41) is 14.9. The lowest BCUT2D eigenvalue weighted by atomic mass is 10.2. The maximum Gasteiger partial charge on any atom is 0.191 e. The van der Waals surface area contributed by atoms with Gasteiger partial charge >= 0.3 is 0 Å². The molecule has 1 atom stereocenters. The highest BCUT2D eigenvalue weighted by molar-refractivity contribution is 5.79. The molecule has 2 N–H and O–H groups in total. The highest BCUT2D eigenvalue weighted by Crippen LogP contribution is 2.26. The van der Waals surface area contributed by atoms with E-state index in [0.29, 0.717) is 0 Å². The maximum absolute atomic E-state index is 5.92. The molecule has 1 fully saturated rings. The zero-order chi connectivity index (χ0) is 19.1. The summed E-state index contributed by atoms with van der Waals surface area (Å²) in [5.74, 6) is 3.78. The van der Waals surface area contributed by atoms with Crippen LogP contribution < -0.4 is 10.6 Å². The Bertz CT molecular complexity index is 730. The van der Waals surface area contributed by atoms with E-state index in [1.165, 1.54) is 12.8 Å². The monoisotopic (exact) mass is 373 g/mol. The fourth-order valence-electron chi connectivity index (χ4n) is 3.54. The largest absolute Gasteiger partial charge is 0.465 e. The Morgan fingerprint density at radius 3 is 2.78 bits per heavy atom. The molecule has 0 aromatic carbocycles. The second kappa shape index (κ2) is 9.55. The predicted molar refractivity (Wildman–Crippen MR) is 106 cm³/mol. The summed E-state index contributed by atoms with van der Waals surface area (Å²) in [4.78, 5) is 6.84. The molecular weight excluding hydrogens is 342 g/mol. The minimum Gasteiger partial charge on any atom is -0.465 e. The Morgan fingerprint density at radius 2 is 2.11 bits per heavy atom. The lowest BCUT2D eigenvalue weighted by molar-refractivity contribution is 0.213. The second-order valence-electron chi connectivity index (χ2n) is 6.88. The van der Waals surface area contributed by atoms with Gasteiger partial charge in [0, 0.05) is 33.1 Å². The summed E-state index contributed by atoms with van der Waals surface area (Å²) >= 11 is 0. The maximum atomic E-state index is 5.92. The van der Waals surface area contributed by atoms with Gasteiger partial charge in [0.2, 0.25) is 0 Å². The third kappa shape index (κ3) is 5.09. The van der Waals surface area contributed by atoms with Crippen LogP contribution in [0.2, 0.25) is 0 Å². The molecule has 1 unspecified atom stereocenters. The first-order valence-corrected chi connectivity index (χ1v) is 9.82. The van der Waals surface area contributed by atoms with E-state index in [1.54, 1.807) is 13.4 Å². The highest BCUT2D eigenvalue weighted by Gasteiger charge is 2.26. The number of hydrogen-bond acceptors (Lipinski definition) is 5. The fourth-order valence-corrected chi connectivity index (χ4v) is 3.54. The SMILES string of the molecule is CCc1nncn1CCNC(=NC)NCC(c1ccc(C)o1)N1CCCC1. The minimum atomic E-state index is 0.226. The van der Waals surface area contributed by atoms with Crippen molar-refractivity contribution >= 4 is 5.96 Å². The Hall–Kier alpha value is -2.35. The minimum absolute atomic E-state index is 0.226. The van der Waals surface area contributed by atoms with Crippen molar-refractivity contribution in [3.8, 4) is 0 Å². The molecule has 0 bridgehead atoms. The van der Waals surface area contributed by atoms with Gasteiger partial charge in [0.05, 0.1) is 6.04 Å². The van der Waals surface area contributed by atoms with Crippen LogP contribution in [0.3, 0.4) is 0 Å². The number of aromatic nitrogens is 3. The molecule has 148 valence electrons. The van der Waals surface area contributed by atoms with Gasteiger partial charge in [-0.1, -0.05) is 6.92 Å². The van der Waals surface area contributed by atoms with Crippen molar-refractivity contribution in [3.05, 3.63) is 35.8 Å². The zero-order valence-corrected chi connectivity index (χ0v) is 16.6. The highest BCUT2D eigenvalue weighted by atomic mass is 16.3. The van der Waals surface area contributed by atoms with Crippen LogP contribution in [0.4, 0.5) is 0 Å². The van der Waals surface area contributed by atoms with E-state index in [2.05, 4.69) is 48.3 Å². The Morgan fingerprint density at radius 1 is 1.30 bits per heavy atom. The van der Waals surface area contributed by atoms with Crippen LogP contribution in [0.5, 0.6) is 0 Å². The average Bonchev–Trinajstić information content (AvgIpc) is 3.42. The van der Waals surface area contributed by atoms with Gasteiger partial charge in [-0.15, -0.1) is 10.2 Å². The molecule has 27 heavy (non-hydrogen) atoms. The van der Waals surface area contributed by atoms with E-state index in [0.717, 1.165) is 62.4 Å². The fraction of sp³-hybridized carbons (Fsp3) is 0.632. The number of nitrogens with zero attached hydrogens (tertiary/aromatic N) is 5. The molecule has 3 heterocycles. The van der Waals surface area contributed by atoms with Crippen LogP contribution in [-0.4, -0.2) is 58.9 Å². The van der Waals surface area contributed by atoms with Crippen LogP contribution in [-0.2, 0) is 13.0 Å². The molecule has 0 radical (unpaired) electrons. The van der Waals surface area contributed by atoms with Gasteiger partial charge in [-0.05, 0) is 45.0 Å². The Kier molecular flexibility index (Phi) is 6.86. The van der Waals surface area contributed by atoms with E-state index >= 15 is 0 Å². The van der Waals surface area contributed by atoms with Gasteiger partial charge in [0.1, 0.15) is 23.7 Å². The number of guanidine groups is 1. The van der Waals surface area contributed by atoms with Crippen molar-refractivity contribution in [1.29, 1.82) is 0 Å². The number of aliphatic imine (C=N–C) groups is 1. The van der Waals surface area contributed by atoms with Crippen LogP contribution in [0, 0.1) is 6.92 Å². The first-order chi connectivity index (χ1) is 13.2. The molecule has 1 saturated heterocycles. The summed E-state index contributed by atoms with van der Waals surface area (Å²) in [6.45, 7) is 8.65. The van der Waals surface area contributed by atoms with Crippen LogP contribution in [0.15, 0.2) is 27.9 Å². The van der Waals surface area contributed by atoms with E-state index < -0.39 is 0 Å². The molecule has 1 aliphatic rings. The first-order valence-electron chi connectivity index (χ1n) is 9.82. The van der Waals surface area contributed by atoms with Crippen molar-refractivity contribution < 1.29 is 4.42 Å². The third-order valence-electron chi connectivity index (χ3n) is 5.01. The molecule has 8 nitrogen and oxygen atoms in total. The van der Waals surface area contributed by atoms with Crippen molar-refractivity contribution in [2.75, 3.05) is 33.2 Å². The van der Waals surface area contributed by atoms with Crippen LogP contribution in [0.1, 0.15) is 43.2 Å². The summed E-state index contributed by atoms with van der Waals surface area (Å²) < 4.78 is 7.99. The molecule has 0 spiro atoms. The summed E-state index contributed by atoms with van der Waals surface area (Å²) in [6.07, 6.45) is 5.16. The van der Waals surface area contributed by atoms with Gasteiger partial charge in [-0.3, -0.25) is 9.89 Å². The molecule has 0 amide bonds. The molecule has 0 saturated carbocycles. The van der Waals surface area contributed by atoms with Gasteiger partial charge in [0.25, 0.3) is 0 Å². The lowest BCUT2D eigenvalue weighted by Crippen LogP contribution is -2.43. The van der Waals surface area contributed by atoms with Crippen molar-refractivity contribution in [1.82, 2.24) is 30.3 Å². The van der Waals surface area contributed by atoms with Gasteiger partial charge in [-0.25, -0.2) is 0 Å². The van der Waals surface area contributed by atoms with Gasteiger partial charge in [-0.2, -0.15) is 0 Å². The molecule has 2 aromatic rings. The number of hydrogen-bond donors (Lipinski definition) is 2. The Labute approximate surface area is 161 Å². The number of rotatable bonds is 8. The predicted octanol–water partition coefficient (Wildman–Crippen LogP) is 1.74. The molecule has 0 aliphatic carbocycles. The second-order valence-corrected chi connectivity index (χ2v) is 6.88. The van der Waals surface area contributed by atoms with Crippen molar-refractivity contribution in [2.24, 2.45) is 4.99 Å². The number of likely N-dealkylation sites (tertiary alicyclic amines) is 1. The average molecular weight is 374 g/mol. The first kappa shape index (κ1) is 19.4. The van der Waals surface area contributed by atoms with Crippen LogP contribution in [0.25, 0.3) is 0 Å². The number of aryl methyl sites for hydroxylation is 2. The van der Waals surface area contributed by atoms with E-state index in [9.17, 15) is 0 Å². The van der Waals surface area contributed by atoms with E-state index in [-0.39, 0.29) is 6.04 Å². The third-order valence-corrected chi connectivity index (χ3v) is 5.01. The standard InChI is InChI=1S/C19H31N7O/c1-4-18-24-23-14-26(18)12-9-21-19(20-3)22-13-16(25-10-5-6-11-25)17-8-7-15(2)27-17/h7-8,14,16H,4-6,9-13H2,1-3H3,(H2,20,21,22). The van der Waals surface area contributed by atoms with Crippen molar-refractivity contribution in [3.63, 3.8) is 0 Å². The molecule has 1 aliphatic heterocycles. The lowest BCUT2D eigenvalue weighted by Gasteiger charge is -2.26. The summed E-state index contributed by atoms with van der Waals surface area (Å²) in [5.41, 5.74) is 0. The molecule has 2 aromatic heterocycles. The summed E-state index contributed by atoms with van der Waals surface area (Å²) in [6, 6.07) is 4.36. The topological polar surface area (TPSA) is 83.5 Å². The smallest absolute Gasteiger partial charge is 0.191 e. The summed E-state index contributed by atoms with van der Waals surface area (Å²) in [7, 11) is 1.80. The molecular formula is C19H31N7O. The van der Waals surface area contributed by atoms with E-state index in [4.69, 9.17) is 4.42 Å². The van der Waals surface area contributed by atoms with Crippen molar-refractivity contribution in [2.45, 2.75) is 45.7 Å². The number of furan rings is 1. The normalized spacial score (nSPS) is 16.6. The zero-order valence-electron chi connectivity index (χ0n) is 16.6. The Balaban J connectivity index is 1.53. The van der Waals surface area contributed by atoms with Crippen LogP contribution >= 0.6 is 0 Å².